The van der Waals surface area contributed by atoms with Crippen LogP contribution in [0.4, 0.5) is 0 Å². The number of hydrogen-bond acceptors (Lipinski definition) is 5. The molecule has 2 amide bonds. The zero-order valence-corrected chi connectivity index (χ0v) is 14.6. The molecule has 0 bridgehead atoms. The predicted octanol–water partition coefficient (Wildman–Crippen LogP) is 2.70. The molecule has 132 valence electrons. The maximum atomic E-state index is 12.1. The van der Waals surface area contributed by atoms with Crippen LogP contribution < -0.4 is 10.9 Å². The van der Waals surface area contributed by atoms with Gasteiger partial charge in [-0.25, -0.2) is 0 Å². The molecule has 2 N–H and O–H groups in total. The molecule has 0 saturated carbocycles. The average Bonchev–Trinajstić information content (AvgIpc) is 3.08. The second-order valence-corrected chi connectivity index (χ2v) is 5.97. The van der Waals surface area contributed by atoms with E-state index in [0.717, 1.165) is 5.56 Å². The van der Waals surface area contributed by atoms with Crippen molar-refractivity contribution in [3.05, 3.63) is 70.5 Å². The Morgan fingerprint density at radius 1 is 1.04 bits per heavy atom. The summed E-state index contributed by atoms with van der Waals surface area (Å²) in [7, 11) is 0. The second kappa shape index (κ2) is 7.79. The maximum absolute atomic E-state index is 12.1. The van der Waals surface area contributed by atoms with Crippen molar-refractivity contribution in [1.82, 2.24) is 21.0 Å². The summed E-state index contributed by atoms with van der Waals surface area (Å²) in [5.41, 5.74) is 6.64. The molecule has 0 unspecified atom stereocenters. The topological polar surface area (TPSA) is 97.1 Å². The van der Waals surface area contributed by atoms with E-state index in [2.05, 4.69) is 21.0 Å². The van der Waals surface area contributed by atoms with Gasteiger partial charge < -0.3 is 4.52 Å². The van der Waals surface area contributed by atoms with E-state index in [-0.39, 0.29) is 12.3 Å². The molecule has 0 saturated heterocycles. The summed E-state index contributed by atoms with van der Waals surface area (Å²) >= 11 is 5.80. The Balaban J connectivity index is 1.54. The first-order valence-corrected chi connectivity index (χ1v) is 8.13. The number of benzene rings is 2. The van der Waals surface area contributed by atoms with E-state index >= 15 is 0 Å². The number of aryl methyl sites for hydroxylation is 1. The molecule has 0 spiro atoms. The number of nitrogens with zero attached hydrogens (tertiary/aromatic N) is 2. The fourth-order valence-corrected chi connectivity index (χ4v) is 2.33. The van der Waals surface area contributed by atoms with Gasteiger partial charge in [-0.3, -0.25) is 20.4 Å². The van der Waals surface area contributed by atoms with Crippen LogP contribution in [-0.2, 0) is 11.2 Å². The van der Waals surface area contributed by atoms with Gasteiger partial charge in [-0.05, 0) is 48.9 Å². The van der Waals surface area contributed by atoms with Crippen LogP contribution in [-0.4, -0.2) is 22.0 Å². The van der Waals surface area contributed by atoms with Crippen LogP contribution in [0.5, 0.6) is 0 Å². The lowest BCUT2D eigenvalue weighted by Gasteiger charge is -2.08. The molecule has 0 atom stereocenters. The Kier molecular flexibility index (Phi) is 5.28. The number of hydrogen-bond donors (Lipinski definition) is 2. The van der Waals surface area contributed by atoms with E-state index in [1.54, 1.807) is 55.5 Å². The molecular weight excluding hydrogens is 356 g/mol. The lowest BCUT2D eigenvalue weighted by molar-refractivity contribution is -0.121. The van der Waals surface area contributed by atoms with Crippen molar-refractivity contribution < 1.29 is 14.1 Å². The van der Waals surface area contributed by atoms with Crippen molar-refractivity contribution in [3.8, 4) is 11.5 Å². The first-order chi connectivity index (χ1) is 12.5. The number of aromatic nitrogens is 2. The third-order valence-electron chi connectivity index (χ3n) is 3.52. The molecule has 2 aromatic carbocycles. The van der Waals surface area contributed by atoms with Gasteiger partial charge in [0, 0.05) is 16.1 Å². The van der Waals surface area contributed by atoms with Gasteiger partial charge in [0.15, 0.2) is 5.82 Å². The lowest BCUT2D eigenvalue weighted by Crippen LogP contribution is -2.42. The molecule has 8 heteroatoms. The fraction of sp³-hybridized carbons (Fsp3) is 0.111. The molecular formula is C18H15ClN4O3. The average molecular weight is 371 g/mol. The smallest absolute Gasteiger partial charge is 0.269 e. The maximum Gasteiger partial charge on any atom is 0.269 e. The van der Waals surface area contributed by atoms with Gasteiger partial charge in [0.1, 0.15) is 0 Å². The van der Waals surface area contributed by atoms with Crippen LogP contribution in [0.1, 0.15) is 21.7 Å². The van der Waals surface area contributed by atoms with Crippen LogP contribution in [0.15, 0.2) is 53.1 Å². The summed E-state index contributed by atoms with van der Waals surface area (Å²) in [6.07, 6.45) is 0.132. The van der Waals surface area contributed by atoms with Gasteiger partial charge in [0.2, 0.25) is 5.91 Å². The number of halogens is 1. The highest BCUT2D eigenvalue weighted by atomic mass is 35.5. The third kappa shape index (κ3) is 4.46. The van der Waals surface area contributed by atoms with E-state index < -0.39 is 5.91 Å². The van der Waals surface area contributed by atoms with Crippen molar-refractivity contribution in [2.24, 2.45) is 0 Å². The van der Waals surface area contributed by atoms with Crippen LogP contribution >= 0.6 is 11.6 Å². The summed E-state index contributed by atoms with van der Waals surface area (Å²) in [4.78, 5) is 28.1. The quantitative estimate of drug-likeness (QED) is 0.688. The molecule has 7 nitrogen and oxygen atoms in total. The molecule has 26 heavy (non-hydrogen) atoms. The largest absolute Gasteiger partial charge is 0.334 e. The van der Waals surface area contributed by atoms with Gasteiger partial charge in [-0.2, -0.15) is 4.98 Å². The number of rotatable bonds is 4. The number of carbonyl (C=O) groups excluding carboxylic acids is 2. The van der Waals surface area contributed by atoms with Crippen molar-refractivity contribution in [2.75, 3.05) is 0 Å². The van der Waals surface area contributed by atoms with Crippen molar-refractivity contribution >= 4 is 23.4 Å². The highest BCUT2D eigenvalue weighted by molar-refractivity contribution is 6.30. The highest BCUT2D eigenvalue weighted by Gasteiger charge is 2.10. The van der Waals surface area contributed by atoms with Crippen molar-refractivity contribution in [1.29, 1.82) is 0 Å². The number of hydrazine groups is 1. The van der Waals surface area contributed by atoms with Crippen LogP contribution in [0.3, 0.4) is 0 Å². The van der Waals surface area contributed by atoms with Crippen LogP contribution in [0, 0.1) is 6.92 Å². The fourth-order valence-electron chi connectivity index (χ4n) is 2.21. The van der Waals surface area contributed by atoms with Gasteiger partial charge in [-0.15, -0.1) is 0 Å². The third-order valence-corrected chi connectivity index (χ3v) is 3.77. The molecule has 3 rings (SSSR count). The summed E-state index contributed by atoms with van der Waals surface area (Å²) in [5.74, 6) is 0.150. The van der Waals surface area contributed by atoms with Gasteiger partial charge in [0.25, 0.3) is 11.8 Å². The SMILES string of the molecule is Cc1noc(-c2ccc(C(=O)NNC(=O)Cc3ccc(Cl)cc3)cc2)n1. The van der Waals surface area contributed by atoms with E-state index in [1.165, 1.54) is 0 Å². The van der Waals surface area contributed by atoms with E-state index in [9.17, 15) is 9.59 Å². The standard InChI is InChI=1S/C18H15ClN4O3/c1-11-20-18(26-23-11)14-6-4-13(5-7-14)17(25)22-21-16(24)10-12-2-8-15(19)9-3-12/h2-9H,10H2,1H3,(H,21,24)(H,22,25). The van der Waals surface area contributed by atoms with Crippen molar-refractivity contribution in [2.45, 2.75) is 13.3 Å². The molecule has 0 aliphatic rings. The highest BCUT2D eigenvalue weighted by Crippen LogP contribution is 2.17. The first-order valence-electron chi connectivity index (χ1n) is 7.75. The van der Waals surface area contributed by atoms with Crippen LogP contribution in [0.25, 0.3) is 11.5 Å². The Bertz CT molecular complexity index is 920. The lowest BCUT2D eigenvalue weighted by atomic mass is 10.1. The number of nitrogens with one attached hydrogen (secondary N) is 2. The van der Waals surface area contributed by atoms with Crippen LogP contribution in [0.2, 0.25) is 5.02 Å². The molecule has 3 aromatic rings. The van der Waals surface area contributed by atoms with Gasteiger partial charge >= 0.3 is 0 Å². The minimum absolute atomic E-state index is 0.132. The zero-order valence-electron chi connectivity index (χ0n) is 13.8. The minimum atomic E-state index is -0.428. The molecule has 0 aliphatic carbocycles. The van der Waals surface area contributed by atoms with E-state index in [4.69, 9.17) is 16.1 Å². The minimum Gasteiger partial charge on any atom is -0.334 e. The second-order valence-electron chi connectivity index (χ2n) is 5.53. The van der Waals surface area contributed by atoms with Gasteiger partial charge in [0.05, 0.1) is 6.42 Å². The summed E-state index contributed by atoms with van der Waals surface area (Å²) in [6, 6.07) is 13.5. The summed E-state index contributed by atoms with van der Waals surface area (Å²) in [5, 5.41) is 4.32. The van der Waals surface area contributed by atoms with E-state index in [0.29, 0.717) is 27.9 Å². The predicted molar refractivity (Wildman–Crippen MR) is 95.2 cm³/mol. The molecule has 0 fully saturated rings. The molecule has 1 heterocycles. The normalized spacial score (nSPS) is 10.4. The molecule has 0 radical (unpaired) electrons. The van der Waals surface area contributed by atoms with E-state index in [1.807, 2.05) is 0 Å². The summed E-state index contributed by atoms with van der Waals surface area (Å²) < 4.78 is 5.07. The monoisotopic (exact) mass is 370 g/mol. The Morgan fingerprint density at radius 2 is 1.73 bits per heavy atom. The molecule has 1 aromatic heterocycles. The van der Waals surface area contributed by atoms with Gasteiger partial charge in [-0.1, -0.05) is 28.9 Å². The summed E-state index contributed by atoms with van der Waals surface area (Å²) in [6.45, 7) is 1.72. The first kappa shape index (κ1) is 17.6. The Morgan fingerprint density at radius 3 is 2.35 bits per heavy atom. The molecule has 0 aliphatic heterocycles. The Labute approximate surface area is 154 Å². The van der Waals surface area contributed by atoms with Crippen molar-refractivity contribution in [3.63, 3.8) is 0 Å². The zero-order chi connectivity index (χ0) is 18.5. The Hall–Kier alpha value is -3.19. The number of carbonyl (C=O) groups is 2. The number of amides is 2.